The monoisotopic (exact) mass is 504 g/mol. The zero-order valence-corrected chi connectivity index (χ0v) is 21.3. The summed E-state index contributed by atoms with van der Waals surface area (Å²) < 4.78 is 6.81. The average Bonchev–Trinajstić information content (AvgIpc) is 3.43. The third-order valence-electron chi connectivity index (χ3n) is 4.11. The molecule has 0 radical (unpaired) electrons. The summed E-state index contributed by atoms with van der Waals surface area (Å²) in [6.45, 7) is 11.0. The van der Waals surface area contributed by atoms with Crippen LogP contribution in [-0.2, 0) is 9.59 Å². The van der Waals surface area contributed by atoms with Gasteiger partial charge in [-0.05, 0) is 37.1 Å². The van der Waals surface area contributed by atoms with E-state index in [2.05, 4.69) is 25.3 Å². The SMILES string of the molecule is C=C(C)C(=O)SCC1CSC(c2ccc(C3SCC(CSC(=O)C(=C)C)S3)o2)S1. The van der Waals surface area contributed by atoms with Crippen LogP contribution in [0.2, 0.25) is 0 Å². The second kappa shape index (κ2) is 11.2. The standard InChI is InChI=1S/C20H24O3S6/c1-11(2)17(21)24-7-13-9-26-19(28-13)15-5-6-16(23-15)20-27-10-14(29-20)8-25-18(22)12(3)4/h5-6,13-14,19-20H,1,3,7-10H2,2,4H3. The van der Waals surface area contributed by atoms with Gasteiger partial charge in [0, 0.05) is 33.5 Å². The minimum absolute atomic E-state index is 0.0901. The van der Waals surface area contributed by atoms with Crippen LogP contribution in [0.4, 0.5) is 0 Å². The highest BCUT2D eigenvalue weighted by Gasteiger charge is 2.33. The maximum Gasteiger partial charge on any atom is 0.214 e. The van der Waals surface area contributed by atoms with E-state index in [1.807, 2.05) is 47.0 Å². The number of hydrogen-bond acceptors (Lipinski definition) is 9. The van der Waals surface area contributed by atoms with E-state index in [1.54, 1.807) is 13.8 Å². The van der Waals surface area contributed by atoms with Gasteiger partial charge in [0.25, 0.3) is 0 Å². The van der Waals surface area contributed by atoms with Crippen molar-refractivity contribution in [1.82, 2.24) is 0 Å². The third-order valence-corrected chi connectivity index (χ3v) is 13.5. The van der Waals surface area contributed by atoms with E-state index in [0.717, 1.165) is 34.5 Å². The molecule has 1 aromatic rings. The number of carbonyl (C=O) groups is 2. The summed E-state index contributed by atoms with van der Waals surface area (Å²) in [6.07, 6.45) is 0. The van der Waals surface area contributed by atoms with Crippen LogP contribution in [0.5, 0.6) is 0 Å². The van der Waals surface area contributed by atoms with Gasteiger partial charge >= 0.3 is 0 Å². The van der Waals surface area contributed by atoms with Gasteiger partial charge in [0.1, 0.15) is 20.7 Å². The molecule has 2 saturated heterocycles. The summed E-state index contributed by atoms with van der Waals surface area (Å²) in [5.74, 6) is 5.75. The van der Waals surface area contributed by atoms with Crippen molar-refractivity contribution in [2.75, 3.05) is 23.0 Å². The average molecular weight is 505 g/mol. The molecule has 2 aliphatic heterocycles. The van der Waals surface area contributed by atoms with Crippen molar-refractivity contribution in [2.45, 2.75) is 33.5 Å². The lowest BCUT2D eigenvalue weighted by Crippen LogP contribution is -2.07. The van der Waals surface area contributed by atoms with Gasteiger partial charge in [0.15, 0.2) is 0 Å². The number of rotatable bonds is 8. The Bertz CT molecular complexity index is 726. The molecule has 4 unspecified atom stereocenters. The van der Waals surface area contributed by atoms with Crippen molar-refractivity contribution in [3.05, 3.63) is 48.0 Å². The smallest absolute Gasteiger partial charge is 0.214 e. The number of thioether (sulfide) groups is 6. The molecule has 0 bridgehead atoms. The first-order chi connectivity index (χ1) is 13.8. The first-order valence-corrected chi connectivity index (χ1v) is 15.1. The largest absolute Gasteiger partial charge is 0.462 e. The van der Waals surface area contributed by atoms with Crippen LogP contribution < -0.4 is 0 Å². The first-order valence-electron chi connectivity index (χ1n) is 9.12. The molecule has 0 saturated carbocycles. The van der Waals surface area contributed by atoms with E-state index in [4.69, 9.17) is 4.42 Å². The minimum atomic E-state index is 0.0901. The van der Waals surface area contributed by atoms with Crippen LogP contribution in [0, 0.1) is 0 Å². The maximum atomic E-state index is 11.7. The first kappa shape index (κ1) is 23.9. The van der Waals surface area contributed by atoms with Crippen molar-refractivity contribution < 1.29 is 14.0 Å². The van der Waals surface area contributed by atoms with Gasteiger partial charge in [-0.1, -0.05) is 36.7 Å². The summed E-state index contributed by atoms with van der Waals surface area (Å²) in [4.78, 5) is 23.5. The fourth-order valence-corrected chi connectivity index (χ4v) is 11.3. The van der Waals surface area contributed by atoms with E-state index in [0.29, 0.717) is 30.8 Å². The molecule has 29 heavy (non-hydrogen) atoms. The number of furan rings is 1. The Morgan fingerprint density at radius 2 is 1.34 bits per heavy atom. The highest BCUT2D eigenvalue weighted by molar-refractivity contribution is 8.21. The van der Waals surface area contributed by atoms with Crippen LogP contribution in [0.25, 0.3) is 0 Å². The zero-order valence-electron chi connectivity index (χ0n) is 16.4. The van der Waals surface area contributed by atoms with Gasteiger partial charge < -0.3 is 4.42 Å². The van der Waals surface area contributed by atoms with Crippen LogP contribution in [0.1, 0.15) is 34.5 Å². The van der Waals surface area contributed by atoms with Crippen LogP contribution in [0.3, 0.4) is 0 Å². The molecule has 2 fully saturated rings. The van der Waals surface area contributed by atoms with E-state index >= 15 is 0 Å². The topological polar surface area (TPSA) is 47.3 Å². The second-order valence-corrected chi connectivity index (χ2v) is 14.5. The van der Waals surface area contributed by atoms with E-state index < -0.39 is 0 Å². The van der Waals surface area contributed by atoms with Gasteiger partial charge in [-0.3, -0.25) is 9.59 Å². The Labute approximate surface area is 198 Å². The van der Waals surface area contributed by atoms with Gasteiger partial charge in [-0.25, -0.2) is 0 Å². The van der Waals surface area contributed by atoms with Crippen LogP contribution in [-0.4, -0.2) is 43.7 Å². The van der Waals surface area contributed by atoms with Crippen LogP contribution >= 0.6 is 70.6 Å². The Hall–Kier alpha value is 0.200. The predicted molar refractivity (Wildman–Crippen MR) is 136 cm³/mol. The molecule has 3 nitrogen and oxygen atoms in total. The maximum absolute atomic E-state index is 11.7. The van der Waals surface area contributed by atoms with Crippen molar-refractivity contribution in [1.29, 1.82) is 0 Å². The third kappa shape index (κ3) is 6.84. The second-order valence-electron chi connectivity index (χ2n) is 6.84. The molecule has 9 heteroatoms. The summed E-state index contributed by atoms with van der Waals surface area (Å²) >= 11 is 10.3. The molecular weight excluding hydrogens is 481 g/mol. The highest BCUT2D eigenvalue weighted by Crippen LogP contribution is 2.54. The summed E-state index contributed by atoms with van der Waals surface area (Å²) in [6, 6.07) is 4.20. The summed E-state index contributed by atoms with van der Waals surface area (Å²) in [5, 5.41) is 1.09. The molecule has 4 atom stereocenters. The number of hydrogen-bond donors (Lipinski definition) is 0. The lowest BCUT2D eigenvalue weighted by Gasteiger charge is -2.09. The zero-order chi connectivity index (χ0) is 21.0. The summed E-state index contributed by atoms with van der Waals surface area (Å²) in [5.41, 5.74) is 1.23. The molecule has 158 valence electrons. The fourth-order valence-electron chi connectivity index (χ4n) is 2.57. The van der Waals surface area contributed by atoms with Gasteiger partial charge in [0.2, 0.25) is 10.2 Å². The van der Waals surface area contributed by atoms with Crippen molar-refractivity contribution in [2.24, 2.45) is 0 Å². The minimum Gasteiger partial charge on any atom is -0.462 e. The number of carbonyl (C=O) groups excluding carboxylic acids is 2. The van der Waals surface area contributed by atoms with E-state index in [-0.39, 0.29) is 10.2 Å². The van der Waals surface area contributed by atoms with Crippen molar-refractivity contribution in [3.63, 3.8) is 0 Å². The van der Waals surface area contributed by atoms with Crippen molar-refractivity contribution >= 4 is 80.8 Å². The molecule has 3 rings (SSSR count). The molecule has 0 N–H and O–H groups in total. The van der Waals surface area contributed by atoms with Crippen LogP contribution in [0.15, 0.2) is 40.9 Å². The van der Waals surface area contributed by atoms with Gasteiger partial charge in [-0.15, -0.1) is 47.0 Å². The highest BCUT2D eigenvalue weighted by atomic mass is 32.2. The molecule has 3 heterocycles. The van der Waals surface area contributed by atoms with Gasteiger partial charge in [0.05, 0.1) is 0 Å². The predicted octanol–water partition coefficient (Wildman–Crippen LogP) is 6.65. The molecule has 0 spiro atoms. The lowest BCUT2D eigenvalue weighted by molar-refractivity contribution is -0.108. The molecule has 0 amide bonds. The Kier molecular flexibility index (Phi) is 9.20. The van der Waals surface area contributed by atoms with Gasteiger partial charge in [-0.2, -0.15) is 0 Å². The van der Waals surface area contributed by atoms with E-state index in [1.165, 1.54) is 23.5 Å². The Morgan fingerprint density at radius 1 is 0.931 bits per heavy atom. The molecule has 2 aliphatic rings. The fraction of sp³-hybridized carbons (Fsp3) is 0.500. The Morgan fingerprint density at radius 3 is 1.72 bits per heavy atom. The summed E-state index contributed by atoms with van der Waals surface area (Å²) in [7, 11) is 0. The van der Waals surface area contributed by atoms with E-state index in [9.17, 15) is 9.59 Å². The normalized spacial score (nSPS) is 26.6. The Balaban J connectivity index is 1.46. The molecule has 1 aromatic heterocycles. The van der Waals surface area contributed by atoms with Crippen molar-refractivity contribution in [3.8, 4) is 0 Å². The molecule has 0 aromatic carbocycles. The lowest BCUT2D eigenvalue weighted by atomic mass is 10.4. The molecule has 0 aliphatic carbocycles. The quantitative estimate of drug-likeness (QED) is 0.362. The molecular formula is C20H24O3S6.